The standard InChI is InChI=1S/C11H24O5Si/c1-10(2,3)17(4,5)11(15)9(14)8(13)7(6-12)16-11/h7-9,12-15H,6H2,1-5H3/t7-,8-,9-,11+/m0/s1. The highest BCUT2D eigenvalue weighted by atomic mass is 28.3. The largest absolute Gasteiger partial charge is 0.394 e. The molecule has 0 bridgehead atoms. The van der Waals surface area contributed by atoms with Crippen molar-refractivity contribution < 1.29 is 25.2 Å². The predicted octanol–water partition coefficient (Wildman–Crippen LogP) is -0.164. The highest BCUT2D eigenvalue weighted by Crippen LogP contribution is 2.48. The molecule has 0 unspecified atom stereocenters. The summed E-state index contributed by atoms with van der Waals surface area (Å²) in [5.74, 6) is 0. The van der Waals surface area contributed by atoms with Crippen molar-refractivity contribution in [3.05, 3.63) is 0 Å². The maximum absolute atomic E-state index is 10.6. The van der Waals surface area contributed by atoms with Gasteiger partial charge in [-0.25, -0.2) is 0 Å². The van der Waals surface area contributed by atoms with Crippen molar-refractivity contribution in [1.29, 1.82) is 0 Å². The van der Waals surface area contributed by atoms with Crippen molar-refractivity contribution in [3.8, 4) is 0 Å². The van der Waals surface area contributed by atoms with Crippen LogP contribution in [0.15, 0.2) is 0 Å². The van der Waals surface area contributed by atoms with E-state index in [0.29, 0.717) is 0 Å². The van der Waals surface area contributed by atoms with Crippen LogP contribution < -0.4 is 0 Å². The molecule has 102 valence electrons. The van der Waals surface area contributed by atoms with Gasteiger partial charge < -0.3 is 25.2 Å². The first-order valence-corrected chi connectivity index (χ1v) is 8.86. The molecule has 1 heterocycles. The van der Waals surface area contributed by atoms with Gasteiger partial charge in [-0.15, -0.1) is 0 Å². The summed E-state index contributed by atoms with van der Waals surface area (Å²) in [7, 11) is -2.45. The average Bonchev–Trinajstić information content (AvgIpc) is 2.42. The molecule has 0 aromatic heterocycles. The summed E-state index contributed by atoms with van der Waals surface area (Å²) in [6.45, 7) is 9.32. The van der Waals surface area contributed by atoms with E-state index in [1.807, 2.05) is 33.9 Å². The minimum Gasteiger partial charge on any atom is -0.394 e. The molecule has 5 nitrogen and oxygen atoms in total. The summed E-state index contributed by atoms with van der Waals surface area (Å²) in [5.41, 5.74) is -1.74. The molecule has 4 atom stereocenters. The molecule has 0 amide bonds. The number of ether oxygens (including phenoxy) is 1. The Balaban J connectivity index is 3.12. The van der Waals surface area contributed by atoms with Crippen molar-refractivity contribution in [2.24, 2.45) is 0 Å². The average molecular weight is 264 g/mol. The third-order valence-electron chi connectivity index (χ3n) is 4.39. The molecule has 0 saturated carbocycles. The molecule has 1 aliphatic rings. The lowest BCUT2D eigenvalue weighted by atomic mass is 10.1. The monoisotopic (exact) mass is 264 g/mol. The minimum absolute atomic E-state index is 0.215. The molecule has 17 heavy (non-hydrogen) atoms. The Morgan fingerprint density at radius 1 is 1.24 bits per heavy atom. The molecule has 0 radical (unpaired) electrons. The van der Waals surface area contributed by atoms with Crippen molar-refractivity contribution in [2.75, 3.05) is 6.61 Å². The smallest absolute Gasteiger partial charge is 0.177 e. The first-order valence-electron chi connectivity index (χ1n) is 5.86. The fourth-order valence-electron chi connectivity index (χ4n) is 2.00. The summed E-state index contributed by atoms with van der Waals surface area (Å²) < 4.78 is 5.38. The maximum Gasteiger partial charge on any atom is 0.177 e. The van der Waals surface area contributed by atoms with Gasteiger partial charge in [0.25, 0.3) is 0 Å². The van der Waals surface area contributed by atoms with E-state index in [9.17, 15) is 15.3 Å². The number of rotatable bonds is 2. The minimum atomic E-state index is -2.45. The van der Waals surface area contributed by atoms with Gasteiger partial charge in [-0.1, -0.05) is 33.9 Å². The second-order valence-electron chi connectivity index (χ2n) is 6.35. The Bertz CT molecular complexity index is 288. The van der Waals surface area contributed by atoms with E-state index < -0.39 is 38.4 Å². The first kappa shape index (κ1) is 15.1. The summed E-state index contributed by atoms with van der Waals surface area (Å²) in [6.07, 6.45) is -3.55. The summed E-state index contributed by atoms with van der Waals surface area (Å²) in [5, 5.41) is 39.2. The fraction of sp³-hybridized carbons (Fsp3) is 1.00. The molecule has 1 saturated heterocycles. The molecule has 1 fully saturated rings. The molecule has 6 heteroatoms. The van der Waals surface area contributed by atoms with E-state index in [1.165, 1.54) is 0 Å². The Morgan fingerprint density at radius 3 is 2.00 bits per heavy atom. The van der Waals surface area contributed by atoms with Crippen LogP contribution in [0.4, 0.5) is 0 Å². The lowest BCUT2D eigenvalue weighted by Gasteiger charge is -2.47. The molecular weight excluding hydrogens is 240 g/mol. The summed E-state index contributed by atoms with van der Waals surface area (Å²) in [6, 6.07) is 0. The van der Waals surface area contributed by atoms with Crippen molar-refractivity contribution in [1.82, 2.24) is 0 Å². The third-order valence-corrected chi connectivity index (χ3v) is 10.3. The molecule has 4 N–H and O–H groups in total. The normalized spacial score (nSPS) is 39.7. The molecule has 0 aromatic carbocycles. The Hall–Kier alpha value is 0.0169. The van der Waals surface area contributed by atoms with Crippen LogP contribution >= 0.6 is 0 Å². The Morgan fingerprint density at radius 2 is 1.71 bits per heavy atom. The highest BCUT2D eigenvalue weighted by molar-refractivity contribution is 6.82. The number of hydrogen-bond donors (Lipinski definition) is 4. The van der Waals surface area contributed by atoms with Gasteiger partial charge in [0.05, 0.1) is 6.61 Å². The number of aliphatic hydroxyl groups is 4. The van der Waals surface area contributed by atoms with Crippen molar-refractivity contribution in [2.45, 2.75) is 62.6 Å². The lowest BCUT2D eigenvalue weighted by Crippen LogP contribution is -2.65. The van der Waals surface area contributed by atoms with Crippen molar-refractivity contribution >= 4 is 8.07 Å². The topological polar surface area (TPSA) is 90.2 Å². The molecule has 1 rings (SSSR count). The van der Waals surface area contributed by atoms with Gasteiger partial charge in [0.1, 0.15) is 26.4 Å². The maximum atomic E-state index is 10.6. The van der Waals surface area contributed by atoms with Gasteiger partial charge in [0.15, 0.2) is 5.41 Å². The van der Waals surface area contributed by atoms with Gasteiger partial charge in [-0.05, 0) is 5.04 Å². The molecule has 0 aromatic rings. The quantitative estimate of drug-likeness (QED) is 0.520. The number of aliphatic hydroxyl groups excluding tert-OH is 3. The lowest BCUT2D eigenvalue weighted by molar-refractivity contribution is -0.180. The Labute approximate surface area is 103 Å². The first-order chi connectivity index (χ1) is 7.49. The highest BCUT2D eigenvalue weighted by Gasteiger charge is 2.64. The van der Waals surface area contributed by atoms with Crippen molar-refractivity contribution in [3.63, 3.8) is 0 Å². The van der Waals surface area contributed by atoms with E-state index in [0.717, 1.165) is 0 Å². The van der Waals surface area contributed by atoms with Crippen LogP contribution in [0.3, 0.4) is 0 Å². The van der Waals surface area contributed by atoms with Gasteiger partial charge >= 0.3 is 0 Å². The van der Waals surface area contributed by atoms with Crippen LogP contribution in [0, 0.1) is 0 Å². The molecule has 0 spiro atoms. The zero-order valence-corrected chi connectivity index (χ0v) is 12.1. The van der Waals surface area contributed by atoms with E-state index >= 15 is 0 Å². The molecule has 1 aliphatic heterocycles. The SMILES string of the molecule is CC(C)(C)[Si](C)(C)[C@]1(O)O[C@@H](CO)[C@H](O)[C@@H]1O. The van der Waals surface area contributed by atoms with Crippen LogP contribution in [-0.4, -0.2) is 58.8 Å². The molecular formula is C11H24O5Si. The van der Waals surface area contributed by atoms with Crippen LogP contribution in [0.2, 0.25) is 18.1 Å². The fourth-order valence-corrected chi connectivity index (χ4v) is 4.44. The van der Waals surface area contributed by atoms with E-state index in [-0.39, 0.29) is 5.04 Å². The Kier molecular flexibility index (Phi) is 3.80. The van der Waals surface area contributed by atoms with E-state index in [1.54, 1.807) is 0 Å². The second kappa shape index (κ2) is 4.29. The van der Waals surface area contributed by atoms with Crippen LogP contribution in [0.5, 0.6) is 0 Å². The van der Waals surface area contributed by atoms with Gasteiger partial charge in [-0.2, -0.15) is 0 Å². The van der Waals surface area contributed by atoms with Gasteiger partial charge in [0.2, 0.25) is 0 Å². The van der Waals surface area contributed by atoms with Gasteiger partial charge in [-0.3, -0.25) is 0 Å². The summed E-state index contributed by atoms with van der Waals surface area (Å²) >= 11 is 0. The van der Waals surface area contributed by atoms with Crippen LogP contribution in [0.1, 0.15) is 20.8 Å². The van der Waals surface area contributed by atoms with Crippen LogP contribution in [-0.2, 0) is 4.74 Å². The zero-order chi connectivity index (χ0) is 13.6. The number of hydrogen-bond acceptors (Lipinski definition) is 5. The predicted molar refractivity (Wildman–Crippen MR) is 66.1 cm³/mol. The summed E-state index contributed by atoms with van der Waals surface area (Å²) in [4.78, 5) is 0. The van der Waals surface area contributed by atoms with Crippen LogP contribution in [0.25, 0.3) is 0 Å². The van der Waals surface area contributed by atoms with Gasteiger partial charge in [0, 0.05) is 0 Å². The van der Waals surface area contributed by atoms with E-state index in [2.05, 4.69) is 0 Å². The zero-order valence-electron chi connectivity index (χ0n) is 11.1. The second-order valence-corrected chi connectivity index (χ2v) is 11.8. The van der Waals surface area contributed by atoms with E-state index in [4.69, 9.17) is 9.84 Å². The molecule has 0 aliphatic carbocycles. The third kappa shape index (κ3) is 2.07.